The molecule has 2 heterocycles. The van der Waals surface area contributed by atoms with Crippen molar-refractivity contribution in [1.82, 2.24) is 0 Å². The Morgan fingerprint density at radius 2 is 2.15 bits per heavy atom. The minimum Gasteiger partial charge on any atom is -0.335 e. The summed E-state index contributed by atoms with van der Waals surface area (Å²) < 4.78 is 0. The van der Waals surface area contributed by atoms with Crippen LogP contribution in [0.15, 0.2) is 39.8 Å². The summed E-state index contributed by atoms with van der Waals surface area (Å²) in [7, 11) is 0. The molecule has 0 unspecified atom stereocenters. The van der Waals surface area contributed by atoms with Crippen LogP contribution >= 0.6 is 11.8 Å². The highest BCUT2D eigenvalue weighted by molar-refractivity contribution is 8.03. The maximum absolute atomic E-state index is 2.44. The molecule has 66 valence electrons. The third kappa shape index (κ3) is 0.953. The third-order valence-corrected chi connectivity index (χ3v) is 4.01. The van der Waals surface area contributed by atoms with Gasteiger partial charge < -0.3 is 4.90 Å². The molecule has 0 radical (unpaired) electrons. The first kappa shape index (κ1) is 7.51. The van der Waals surface area contributed by atoms with Gasteiger partial charge in [0.05, 0.1) is 10.7 Å². The van der Waals surface area contributed by atoms with Crippen LogP contribution in [0.3, 0.4) is 0 Å². The van der Waals surface area contributed by atoms with Gasteiger partial charge in [0.25, 0.3) is 0 Å². The molecule has 2 aliphatic heterocycles. The molecule has 1 aromatic rings. The normalized spacial score (nSPS) is 19.3. The number of rotatable bonds is 0. The first-order valence-electron chi connectivity index (χ1n) is 4.60. The third-order valence-electron chi connectivity index (χ3n) is 2.68. The van der Waals surface area contributed by atoms with Gasteiger partial charge in [-0.05, 0) is 31.1 Å². The van der Waals surface area contributed by atoms with Crippen molar-refractivity contribution >= 4 is 17.4 Å². The van der Waals surface area contributed by atoms with E-state index in [0.29, 0.717) is 0 Å². The van der Waals surface area contributed by atoms with Crippen LogP contribution in [0, 0.1) is 0 Å². The standard InChI is InChI=1S/C11H11NS/c1-8-6-7-12-9-4-2-3-5-10(9)13-11(8)12/h2-5H,6-7H2,1H3. The van der Waals surface area contributed by atoms with Crippen molar-refractivity contribution in [1.29, 1.82) is 0 Å². The van der Waals surface area contributed by atoms with E-state index in [2.05, 4.69) is 36.1 Å². The van der Waals surface area contributed by atoms with Crippen LogP contribution in [0.1, 0.15) is 13.3 Å². The van der Waals surface area contributed by atoms with Gasteiger partial charge in [0.15, 0.2) is 0 Å². The zero-order valence-corrected chi connectivity index (χ0v) is 8.40. The maximum atomic E-state index is 2.44. The Balaban J connectivity index is 2.16. The highest BCUT2D eigenvalue weighted by Crippen LogP contribution is 2.49. The lowest BCUT2D eigenvalue weighted by Gasteiger charge is -2.13. The summed E-state index contributed by atoms with van der Waals surface area (Å²) >= 11 is 1.92. The monoisotopic (exact) mass is 189 g/mol. The van der Waals surface area contributed by atoms with Crippen LogP contribution in [0.2, 0.25) is 0 Å². The number of nitrogens with zero attached hydrogens (tertiary/aromatic N) is 1. The molecule has 0 spiro atoms. The largest absolute Gasteiger partial charge is 0.335 e. The van der Waals surface area contributed by atoms with Crippen molar-refractivity contribution in [2.24, 2.45) is 0 Å². The second kappa shape index (κ2) is 2.55. The number of hydrogen-bond donors (Lipinski definition) is 0. The van der Waals surface area contributed by atoms with E-state index in [9.17, 15) is 0 Å². The lowest BCUT2D eigenvalue weighted by Crippen LogP contribution is -2.12. The van der Waals surface area contributed by atoms with E-state index in [4.69, 9.17) is 0 Å². The molecule has 0 saturated heterocycles. The van der Waals surface area contributed by atoms with E-state index in [1.54, 1.807) is 5.57 Å². The number of anilines is 1. The van der Waals surface area contributed by atoms with Crippen LogP contribution < -0.4 is 4.90 Å². The predicted molar refractivity (Wildman–Crippen MR) is 57.0 cm³/mol. The Hall–Kier alpha value is -0.890. The summed E-state index contributed by atoms with van der Waals surface area (Å²) in [5.74, 6) is 0. The summed E-state index contributed by atoms with van der Waals surface area (Å²) in [4.78, 5) is 3.85. The van der Waals surface area contributed by atoms with Gasteiger partial charge >= 0.3 is 0 Å². The average molecular weight is 189 g/mol. The quantitative estimate of drug-likeness (QED) is 0.616. The smallest absolute Gasteiger partial charge is 0.0791 e. The second-order valence-electron chi connectivity index (χ2n) is 3.56. The van der Waals surface area contributed by atoms with Gasteiger partial charge in [-0.1, -0.05) is 23.9 Å². The topological polar surface area (TPSA) is 3.24 Å². The molecular weight excluding hydrogens is 178 g/mol. The van der Waals surface area contributed by atoms with Gasteiger partial charge in [-0.2, -0.15) is 0 Å². The number of benzene rings is 1. The molecule has 2 aliphatic rings. The van der Waals surface area contributed by atoms with Crippen LogP contribution in [0.25, 0.3) is 0 Å². The lowest BCUT2D eigenvalue weighted by molar-refractivity contribution is 0.970. The van der Waals surface area contributed by atoms with Crippen LogP contribution in [-0.4, -0.2) is 6.54 Å². The van der Waals surface area contributed by atoms with Gasteiger partial charge in [0, 0.05) is 11.4 Å². The van der Waals surface area contributed by atoms with Gasteiger partial charge in [-0.3, -0.25) is 0 Å². The summed E-state index contributed by atoms with van der Waals surface area (Å²) in [5.41, 5.74) is 2.94. The molecule has 1 nitrogen and oxygen atoms in total. The highest BCUT2D eigenvalue weighted by atomic mass is 32.2. The molecule has 0 N–H and O–H groups in total. The Bertz CT molecular complexity index is 395. The predicted octanol–water partition coefficient (Wildman–Crippen LogP) is 3.23. The molecule has 0 bridgehead atoms. The Morgan fingerprint density at radius 1 is 1.31 bits per heavy atom. The molecule has 0 aliphatic carbocycles. The van der Waals surface area contributed by atoms with Crippen molar-refractivity contribution in [3.63, 3.8) is 0 Å². The van der Waals surface area contributed by atoms with E-state index >= 15 is 0 Å². The summed E-state index contributed by atoms with van der Waals surface area (Å²) in [6, 6.07) is 8.66. The fraction of sp³-hybridized carbons (Fsp3) is 0.273. The van der Waals surface area contributed by atoms with E-state index in [1.165, 1.54) is 28.6 Å². The van der Waals surface area contributed by atoms with E-state index in [0.717, 1.165) is 0 Å². The Labute approximate surface area is 82.4 Å². The molecule has 13 heavy (non-hydrogen) atoms. The number of hydrogen-bond acceptors (Lipinski definition) is 2. The SMILES string of the molecule is CC1=C2Sc3ccccc3N2CC1. The Morgan fingerprint density at radius 3 is 3.08 bits per heavy atom. The van der Waals surface area contributed by atoms with Crippen molar-refractivity contribution in [2.75, 3.05) is 11.4 Å². The summed E-state index contributed by atoms with van der Waals surface area (Å²) in [5, 5.41) is 1.47. The van der Waals surface area contributed by atoms with Crippen molar-refractivity contribution in [2.45, 2.75) is 18.2 Å². The minimum absolute atomic E-state index is 1.17. The van der Waals surface area contributed by atoms with Crippen molar-refractivity contribution < 1.29 is 0 Å². The highest BCUT2D eigenvalue weighted by Gasteiger charge is 2.29. The average Bonchev–Trinajstić information content (AvgIpc) is 2.67. The van der Waals surface area contributed by atoms with E-state index in [-0.39, 0.29) is 0 Å². The second-order valence-corrected chi connectivity index (χ2v) is 4.59. The van der Waals surface area contributed by atoms with Crippen molar-refractivity contribution in [3.05, 3.63) is 34.9 Å². The minimum atomic E-state index is 1.17. The first-order chi connectivity index (χ1) is 6.36. The molecular formula is C11H11NS. The number of fused-ring (bicyclic) bond motifs is 3. The van der Waals surface area contributed by atoms with Gasteiger partial charge in [0.1, 0.15) is 0 Å². The molecule has 1 aromatic carbocycles. The molecule has 2 heteroatoms. The maximum Gasteiger partial charge on any atom is 0.0791 e. The Kier molecular flexibility index (Phi) is 1.47. The van der Waals surface area contributed by atoms with Gasteiger partial charge in [0.2, 0.25) is 0 Å². The molecule has 0 fully saturated rings. The zero-order chi connectivity index (χ0) is 8.84. The summed E-state index contributed by atoms with van der Waals surface area (Å²) in [6.45, 7) is 3.42. The lowest BCUT2D eigenvalue weighted by atomic mass is 10.3. The van der Waals surface area contributed by atoms with Crippen molar-refractivity contribution in [3.8, 4) is 0 Å². The molecule has 0 saturated carbocycles. The number of para-hydroxylation sites is 1. The first-order valence-corrected chi connectivity index (χ1v) is 5.42. The van der Waals surface area contributed by atoms with Crippen LogP contribution in [0.5, 0.6) is 0 Å². The molecule has 0 aromatic heterocycles. The van der Waals surface area contributed by atoms with Crippen LogP contribution in [0.4, 0.5) is 5.69 Å². The fourth-order valence-corrected chi connectivity index (χ4v) is 3.17. The van der Waals surface area contributed by atoms with E-state index < -0.39 is 0 Å². The summed E-state index contributed by atoms with van der Waals surface area (Å²) in [6.07, 6.45) is 1.23. The molecule has 3 rings (SSSR count). The van der Waals surface area contributed by atoms with Gasteiger partial charge in [-0.15, -0.1) is 0 Å². The molecule has 0 amide bonds. The van der Waals surface area contributed by atoms with Gasteiger partial charge in [-0.25, -0.2) is 0 Å². The van der Waals surface area contributed by atoms with E-state index in [1.807, 2.05) is 11.8 Å². The molecule has 0 atom stereocenters. The fourth-order valence-electron chi connectivity index (χ4n) is 1.96. The zero-order valence-electron chi connectivity index (χ0n) is 7.58. The number of thioether (sulfide) groups is 1. The van der Waals surface area contributed by atoms with Crippen LogP contribution in [-0.2, 0) is 0 Å².